The van der Waals surface area contributed by atoms with Gasteiger partial charge in [-0.2, -0.15) is 0 Å². The zero-order valence-corrected chi connectivity index (χ0v) is 11.9. The van der Waals surface area contributed by atoms with E-state index < -0.39 is 23.9 Å². The van der Waals surface area contributed by atoms with Gasteiger partial charge < -0.3 is 9.84 Å². The van der Waals surface area contributed by atoms with Crippen LogP contribution < -0.4 is 0 Å². The Kier molecular flexibility index (Phi) is 4.96. The van der Waals surface area contributed by atoms with Crippen LogP contribution in [0.5, 0.6) is 0 Å². The lowest BCUT2D eigenvalue weighted by Crippen LogP contribution is -2.52. The van der Waals surface area contributed by atoms with Crippen molar-refractivity contribution in [3.05, 3.63) is 34.6 Å². The van der Waals surface area contributed by atoms with Crippen LogP contribution in [0.4, 0.5) is 4.39 Å². The lowest BCUT2D eigenvalue weighted by atomic mass is 9.98. The lowest BCUT2D eigenvalue weighted by molar-refractivity contribution is -0.154. The van der Waals surface area contributed by atoms with E-state index in [1.807, 2.05) is 0 Å². The van der Waals surface area contributed by atoms with E-state index in [-0.39, 0.29) is 11.6 Å². The lowest BCUT2D eigenvalue weighted by Gasteiger charge is -2.37. The van der Waals surface area contributed by atoms with Crippen molar-refractivity contribution < 1.29 is 19.0 Å². The molecule has 1 N–H and O–H groups in total. The summed E-state index contributed by atoms with van der Waals surface area (Å²) in [6.07, 6.45) is 0.490. The number of aliphatic hydroxyl groups is 1. The van der Waals surface area contributed by atoms with Crippen molar-refractivity contribution >= 4 is 17.6 Å². The maximum atomic E-state index is 13.9. The van der Waals surface area contributed by atoms with Crippen molar-refractivity contribution in [2.24, 2.45) is 0 Å². The van der Waals surface area contributed by atoms with Crippen molar-refractivity contribution in [2.45, 2.75) is 31.5 Å². The minimum absolute atomic E-state index is 0.0506. The van der Waals surface area contributed by atoms with Crippen LogP contribution in [0.2, 0.25) is 5.02 Å². The number of ether oxygens (including phenoxy) is 1. The first kappa shape index (κ1) is 15.2. The normalized spacial score (nSPS) is 23.6. The van der Waals surface area contributed by atoms with E-state index in [0.29, 0.717) is 18.5 Å². The Hall–Kier alpha value is -1.17. The van der Waals surface area contributed by atoms with Gasteiger partial charge in [-0.25, -0.2) is 4.39 Å². The number of carbonyl (C=O) groups excluding carboxylic acids is 1. The minimum atomic E-state index is -0.793. The highest BCUT2D eigenvalue weighted by molar-refractivity contribution is 6.30. The fourth-order valence-corrected chi connectivity index (χ4v) is 2.73. The third-order valence-corrected chi connectivity index (χ3v) is 3.84. The van der Waals surface area contributed by atoms with Crippen molar-refractivity contribution in [1.29, 1.82) is 0 Å². The van der Waals surface area contributed by atoms with E-state index in [4.69, 9.17) is 16.3 Å². The number of nitrogens with zero attached hydrogens (tertiary/aromatic N) is 1. The number of aliphatic hydroxyl groups excluding tert-OH is 1. The fraction of sp³-hybridized carbons (Fsp3) is 0.500. The van der Waals surface area contributed by atoms with Crippen molar-refractivity contribution in [3.63, 3.8) is 0 Å². The van der Waals surface area contributed by atoms with Gasteiger partial charge in [0.25, 0.3) is 0 Å². The molecule has 0 spiro atoms. The quantitative estimate of drug-likeness (QED) is 0.867. The van der Waals surface area contributed by atoms with Crippen LogP contribution in [0, 0.1) is 5.82 Å². The second-order valence-corrected chi connectivity index (χ2v) is 5.27. The first-order chi connectivity index (χ1) is 9.54. The van der Waals surface area contributed by atoms with Gasteiger partial charge in [-0.15, -0.1) is 0 Å². The molecule has 1 aliphatic heterocycles. The Balaban J connectivity index is 2.21. The zero-order chi connectivity index (χ0) is 14.7. The second-order valence-electron chi connectivity index (χ2n) is 4.86. The number of piperidine rings is 1. The molecule has 0 aliphatic carbocycles. The summed E-state index contributed by atoms with van der Waals surface area (Å²) in [6, 6.07) is 4.00. The standard InChI is InChI=1S/C14H17ClFNO3/c1-20-14(19)13-11(18)6-3-7-17(13)8-9-4-2-5-10(15)12(9)16/h2,4-5,11,13,18H,3,6-8H2,1H3/t11-,13+/m0/s1. The van der Waals surface area contributed by atoms with Crippen LogP contribution in [-0.4, -0.2) is 41.8 Å². The maximum Gasteiger partial charge on any atom is 0.325 e. The summed E-state index contributed by atoms with van der Waals surface area (Å²) in [7, 11) is 1.28. The molecule has 0 bridgehead atoms. The zero-order valence-electron chi connectivity index (χ0n) is 11.2. The van der Waals surface area contributed by atoms with Crippen molar-refractivity contribution in [3.8, 4) is 0 Å². The van der Waals surface area contributed by atoms with Gasteiger partial charge in [0.15, 0.2) is 0 Å². The van der Waals surface area contributed by atoms with Crippen LogP contribution >= 0.6 is 11.6 Å². The molecule has 1 saturated heterocycles. The number of benzene rings is 1. The molecule has 0 unspecified atom stereocenters. The van der Waals surface area contributed by atoms with Crippen LogP contribution in [0.15, 0.2) is 18.2 Å². The summed E-state index contributed by atoms with van der Waals surface area (Å²) in [5, 5.41) is 10.0. The molecule has 4 nitrogen and oxygen atoms in total. The molecule has 2 rings (SSSR count). The number of halogens is 2. The van der Waals surface area contributed by atoms with E-state index >= 15 is 0 Å². The Morgan fingerprint density at radius 1 is 1.60 bits per heavy atom. The van der Waals surface area contributed by atoms with Crippen LogP contribution in [0.25, 0.3) is 0 Å². The number of hydrogen-bond acceptors (Lipinski definition) is 4. The maximum absolute atomic E-state index is 13.9. The molecule has 1 aromatic rings. The first-order valence-corrected chi connectivity index (χ1v) is 6.85. The van der Waals surface area contributed by atoms with Crippen molar-refractivity contribution in [2.75, 3.05) is 13.7 Å². The Morgan fingerprint density at radius 3 is 3.05 bits per heavy atom. The molecule has 1 fully saturated rings. The van der Waals surface area contributed by atoms with Gasteiger partial charge in [-0.1, -0.05) is 23.7 Å². The minimum Gasteiger partial charge on any atom is -0.468 e. The molecule has 110 valence electrons. The predicted octanol–water partition coefficient (Wildman–Crippen LogP) is 1.98. The molecule has 20 heavy (non-hydrogen) atoms. The number of rotatable bonds is 3. The molecule has 0 radical (unpaired) electrons. The summed E-state index contributed by atoms with van der Waals surface area (Å²) in [5.41, 5.74) is 0.403. The van der Waals surface area contributed by atoms with Gasteiger partial charge in [-0.3, -0.25) is 9.69 Å². The summed E-state index contributed by atoms with van der Waals surface area (Å²) >= 11 is 5.75. The number of likely N-dealkylation sites (tertiary alicyclic amines) is 1. The number of hydrogen-bond donors (Lipinski definition) is 1. The van der Waals surface area contributed by atoms with Gasteiger partial charge in [0.05, 0.1) is 18.2 Å². The van der Waals surface area contributed by atoms with Crippen LogP contribution in [0.1, 0.15) is 18.4 Å². The van der Waals surface area contributed by atoms with Gasteiger partial charge in [0.1, 0.15) is 11.9 Å². The highest BCUT2D eigenvalue weighted by atomic mass is 35.5. The van der Waals surface area contributed by atoms with Crippen molar-refractivity contribution in [1.82, 2.24) is 4.90 Å². The average molecular weight is 302 g/mol. The SMILES string of the molecule is COC(=O)[C@H]1[C@@H](O)CCCN1Cc1cccc(Cl)c1F. The highest BCUT2D eigenvalue weighted by Gasteiger charge is 2.36. The molecular formula is C14H17ClFNO3. The molecule has 6 heteroatoms. The average Bonchev–Trinajstić information content (AvgIpc) is 2.43. The molecule has 1 aromatic carbocycles. The van der Waals surface area contributed by atoms with Gasteiger partial charge in [-0.05, 0) is 25.5 Å². The topological polar surface area (TPSA) is 49.8 Å². The van der Waals surface area contributed by atoms with Crippen LogP contribution in [0.3, 0.4) is 0 Å². The fourth-order valence-electron chi connectivity index (χ4n) is 2.54. The molecule has 1 heterocycles. The molecular weight excluding hydrogens is 285 g/mol. The van der Waals surface area contributed by atoms with Gasteiger partial charge in [0.2, 0.25) is 0 Å². The molecule has 2 atom stereocenters. The molecule has 0 aromatic heterocycles. The summed E-state index contributed by atoms with van der Waals surface area (Å²) in [6.45, 7) is 0.812. The smallest absolute Gasteiger partial charge is 0.325 e. The van der Waals surface area contributed by atoms with Gasteiger partial charge in [0, 0.05) is 12.1 Å². The molecule has 1 aliphatic rings. The third-order valence-electron chi connectivity index (χ3n) is 3.55. The number of carbonyl (C=O) groups is 1. The molecule has 0 amide bonds. The van der Waals surface area contributed by atoms with E-state index in [2.05, 4.69) is 0 Å². The Morgan fingerprint density at radius 2 is 2.35 bits per heavy atom. The van der Waals surface area contributed by atoms with Crippen LogP contribution in [-0.2, 0) is 16.1 Å². The monoisotopic (exact) mass is 301 g/mol. The highest BCUT2D eigenvalue weighted by Crippen LogP contribution is 2.24. The van der Waals surface area contributed by atoms with E-state index in [1.54, 1.807) is 17.0 Å². The van der Waals surface area contributed by atoms with E-state index in [1.165, 1.54) is 13.2 Å². The molecule has 0 saturated carbocycles. The second kappa shape index (κ2) is 6.52. The third kappa shape index (κ3) is 3.11. The first-order valence-electron chi connectivity index (χ1n) is 6.47. The Bertz CT molecular complexity index is 497. The number of methoxy groups -OCH3 is 1. The predicted molar refractivity (Wildman–Crippen MR) is 72.9 cm³/mol. The van der Waals surface area contributed by atoms with Gasteiger partial charge >= 0.3 is 5.97 Å². The summed E-state index contributed by atoms with van der Waals surface area (Å²) in [5.74, 6) is -0.988. The summed E-state index contributed by atoms with van der Waals surface area (Å²) < 4.78 is 18.6. The van der Waals surface area contributed by atoms with E-state index in [9.17, 15) is 14.3 Å². The summed E-state index contributed by atoms with van der Waals surface area (Å²) in [4.78, 5) is 13.5. The Labute approximate surface area is 122 Å². The van der Waals surface area contributed by atoms with E-state index in [0.717, 1.165) is 6.42 Å². The largest absolute Gasteiger partial charge is 0.468 e. The number of esters is 1.